The Morgan fingerprint density at radius 3 is 2.39 bits per heavy atom. The summed E-state index contributed by atoms with van der Waals surface area (Å²) in [5.74, 6) is -1.22. The van der Waals surface area contributed by atoms with E-state index in [1.165, 1.54) is 6.07 Å². The van der Waals surface area contributed by atoms with E-state index < -0.39 is 30.4 Å². The Kier molecular flexibility index (Phi) is 5.06. The molecule has 0 aromatic carbocycles. The van der Waals surface area contributed by atoms with Gasteiger partial charge < -0.3 is 0 Å². The van der Waals surface area contributed by atoms with Crippen LogP contribution in [0.15, 0.2) is 17.4 Å². The minimum Gasteiger partial charge on any atom is -0.241 e. The van der Waals surface area contributed by atoms with Crippen molar-refractivity contribution in [2.45, 2.75) is 24.8 Å². The van der Waals surface area contributed by atoms with Gasteiger partial charge in [-0.05, 0) is 12.5 Å². The van der Waals surface area contributed by atoms with Gasteiger partial charge in [0.25, 0.3) is 0 Å². The number of aryl methyl sites for hydroxylation is 1. The van der Waals surface area contributed by atoms with Crippen molar-refractivity contribution in [2.75, 3.05) is 11.5 Å². The number of sulfone groups is 1. The van der Waals surface area contributed by atoms with Gasteiger partial charge in [0.1, 0.15) is 6.33 Å². The van der Waals surface area contributed by atoms with Crippen molar-refractivity contribution in [3.63, 3.8) is 0 Å². The second-order valence-corrected chi connectivity index (χ2v) is 8.61. The van der Waals surface area contributed by atoms with Crippen LogP contribution in [0.4, 0.5) is 0 Å². The molecule has 0 aliphatic rings. The first-order valence-electron chi connectivity index (χ1n) is 5.20. The Balaban J connectivity index is 2.94. The number of rotatable bonds is 6. The average Bonchev–Trinajstić information content (AvgIpc) is 2.27. The first-order valence-corrected chi connectivity index (χ1v) is 9.33. The van der Waals surface area contributed by atoms with E-state index in [-0.39, 0.29) is 5.03 Å². The first kappa shape index (κ1) is 15.3. The molecule has 0 N–H and O–H groups in total. The van der Waals surface area contributed by atoms with Crippen LogP contribution in [0.2, 0.25) is 0 Å². The lowest BCUT2D eigenvalue weighted by molar-refractivity contribution is 0.589. The van der Waals surface area contributed by atoms with E-state index in [0.717, 1.165) is 12.7 Å². The van der Waals surface area contributed by atoms with E-state index >= 15 is 0 Å². The molecule has 1 aromatic heterocycles. The molecule has 0 atom stereocenters. The summed E-state index contributed by atoms with van der Waals surface area (Å²) in [6, 6.07) is 1.36. The highest BCUT2D eigenvalue weighted by molar-refractivity contribution is 8.14. The molecule has 0 aliphatic carbocycles. The summed E-state index contributed by atoms with van der Waals surface area (Å²) in [6.45, 7) is 1.94. The van der Waals surface area contributed by atoms with E-state index in [4.69, 9.17) is 10.7 Å². The van der Waals surface area contributed by atoms with E-state index in [1.54, 1.807) is 0 Å². The quantitative estimate of drug-likeness (QED) is 0.569. The predicted octanol–water partition coefficient (Wildman–Crippen LogP) is 0.771. The molecule has 9 heteroatoms. The molecule has 0 saturated heterocycles. The minimum atomic E-state index is -3.84. The average molecular weight is 313 g/mol. The van der Waals surface area contributed by atoms with Crippen molar-refractivity contribution < 1.29 is 16.8 Å². The van der Waals surface area contributed by atoms with Gasteiger partial charge in [0.05, 0.1) is 11.5 Å². The number of aromatic nitrogens is 2. The molecular formula is C9H13ClN2O4S2. The van der Waals surface area contributed by atoms with Gasteiger partial charge in [0.2, 0.25) is 9.05 Å². The first-order chi connectivity index (χ1) is 8.24. The number of nitrogens with zero attached hydrogens (tertiary/aromatic N) is 2. The third kappa shape index (κ3) is 4.87. The largest absolute Gasteiger partial charge is 0.241 e. The number of hydrogen-bond donors (Lipinski definition) is 0. The van der Waals surface area contributed by atoms with Crippen LogP contribution in [0.25, 0.3) is 0 Å². The van der Waals surface area contributed by atoms with Gasteiger partial charge >= 0.3 is 0 Å². The minimum absolute atomic E-state index is 0.165. The highest BCUT2D eigenvalue weighted by Gasteiger charge is 2.20. The van der Waals surface area contributed by atoms with Crippen molar-refractivity contribution in [3.8, 4) is 0 Å². The van der Waals surface area contributed by atoms with Crippen LogP contribution in [0.1, 0.15) is 19.0 Å². The highest BCUT2D eigenvalue weighted by Crippen LogP contribution is 2.11. The molecule has 0 unspecified atom stereocenters. The van der Waals surface area contributed by atoms with Gasteiger partial charge in [-0.2, -0.15) is 0 Å². The van der Waals surface area contributed by atoms with E-state index in [1.807, 2.05) is 6.92 Å². The number of hydrogen-bond acceptors (Lipinski definition) is 6. The van der Waals surface area contributed by atoms with Crippen molar-refractivity contribution in [3.05, 3.63) is 18.1 Å². The molecule has 1 rings (SSSR count). The Labute approximate surface area is 111 Å². The van der Waals surface area contributed by atoms with E-state index in [0.29, 0.717) is 12.1 Å². The molecule has 102 valence electrons. The summed E-state index contributed by atoms with van der Waals surface area (Å²) >= 11 is 0. The van der Waals surface area contributed by atoms with Crippen LogP contribution < -0.4 is 0 Å². The maximum absolute atomic E-state index is 11.8. The van der Waals surface area contributed by atoms with Crippen molar-refractivity contribution >= 4 is 29.6 Å². The Hall–Kier alpha value is -0.730. The molecule has 6 nitrogen and oxygen atoms in total. The molecule has 1 heterocycles. The molecule has 0 saturated carbocycles. The lowest BCUT2D eigenvalue weighted by Gasteiger charge is -2.03. The molecule has 18 heavy (non-hydrogen) atoms. The molecular weight excluding hydrogens is 300 g/mol. The smallest absolute Gasteiger partial charge is 0.233 e. The fourth-order valence-electron chi connectivity index (χ4n) is 1.25. The molecule has 0 fully saturated rings. The SMILES string of the molecule is CCCc1cc(S(=O)(=O)CCS(=O)(=O)Cl)ncn1. The molecule has 0 spiro atoms. The predicted molar refractivity (Wildman–Crippen MR) is 67.7 cm³/mol. The Morgan fingerprint density at radius 2 is 1.83 bits per heavy atom. The zero-order chi connectivity index (χ0) is 13.8. The van der Waals surface area contributed by atoms with Crippen LogP contribution in [0.5, 0.6) is 0 Å². The van der Waals surface area contributed by atoms with Gasteiger partial charge in [-0.15, -0.1) is 0 Å². The van der Waals surface area contributed by atoms with Crippen LogP contribution in [-0.2, 0) is 25.3 Å². The van der Waals surface area contributed by atoms with Crippen molar-refractivity contribution in [2.24, 2.45) is 0 Å². The van der Waals surface area contributed by atoms with Gasteiger partial charge in [-0.3, -0.25) is 0 Å². The van der Waals surface area contributed by atoms with E-state index in [9.17, 15) is 16.8 Å². The maximum Gasteiger partial charge on any atom is 0.233 e. The van der Waals surface area contributed by atoms with Crippen LogP contribution in [0, 0.1) is 0 Å². The third-order valence-electron chi connectivity index (χ3n) is 2.12. The monoisotopic (exact) mass is 312 g/mol. The maximum atomic E-state index is 11.8. The zero-order valence-corrected chi connectivity index (χ0v) is 12.1. The number of halogens is 1. The van der Waals surface area contributed by atoms with E-state index in [2.05, 4.69) is 9.97 Å². The van der Waals surface area contributed by atoms with Crippen LogP contribution in [-0.4, -0.2) is 38.3 Å². The highest BCUT2D eigenvalue weighted by atomic mass is 35.7. The summed E-state index contributed by atoms with van der Waals surface area (Å²) < 4.78 is 45.1. The van der Waals surface area contributed by atoms with Gasteiger partial charge in [-0.1, -0.05) is 13.3 Å². The van der Waals surface area contributed by atoms with Gasteiger partial charge in [0, 0.05) is 16.4 Å². The summed E-state index contributed by atoms with van der Waals surface area (Å²) in [6.07, 6.45) is 2.62. The molecule has 1 aromatic rings. The zero-order valence-electron chi connectivity index (χ0n) is 9.71. The Morgan fingerprint density at radius 1 is 1.17 bits per heavy atom. The van der Waals surface area contributed by atoms with Crippen molar-refractivity contribution in [1.29, 1.82) is 0 Å². The fraction of sp³-hybridized carbons (Fsp3) is 0.556. The van der Waals surface area contributed by atoms with Crippen LogP contribution in [0.3, 0.4) is 0 Å². The lowest BCUT2D eigenvalue weighted by atomic mass is 10.2. The second-order valence-electron chi connectivity index (χ2n) is 3.66. The molecule has 0 aliphatic heterocycles. The summed E-state index contributed by atoms with van der Waals surface area (Å²) in [7, 11) is -2.60. The van der Waals surface area contributed by atoms with Crippen LogP contribution >= 0.6 is 10.7 Å². The lowest BCUT2D eigenvalue weighted by Crippen LogP contribution is -2.15. The fourth-order valence-corrected chi connectivity index (χ4v) is 4.23. The molecule has 0 radical (unpaired) electrons. The van der Waals surface area contributed by atoms with Crippen molar-refractivity contribution in [1.82, 2.24) is 9.97 Å². The summed E-state index contributed by atoms with van der Waals surface area (Å²) in [5, 5.41) is -0.165. The molecule has 0 amide bonds. The normalized spacial score (nSPS) is 12.6. The summed E-state index contributed by atoms with van der Waals surface area (Å²) in [5.41, 5.74) is 0.611. The summed E-state index contributed by atoms with van der Waals surface area (Å²) in [4.78, 5) is 7.59. The molecule has 0 bridgehead atoms. The van der Waals surface area contributed by atoms with Gasteiger partial charge in [-0.25, -0.2) is 26.8 Å². The second kappa shape index (κ2) is 5.94. The van der Waals surface area contributed by atoms with Gasteiger partial charge in [0.15, 0.2) is 14.9 Å². The third-order valence-corrected chi connectivity index (χ3v) is 5.13. The topological polar surface area (TPSA) is 94.1 Å². The Bertz CT molecular complexity index is 613. The standard InChI is InChI=1S/C9H13ClN2O4S2/c1-2-3-8-6-9(12-7-11-8)17(13,14)4-5-18(10,15)16/h6-7H,2-5H2,1H3.